The van der Waals surface area contributed by atoms with Crippen LogP contribution in [-0.2, 0) is 6.42 Å². The Morgan fingerprint density at radius 2 is 1.78 bits per heavy atom. The molecular formula is C16H17IO. The van der Waals surface area contributed by atoms with Crippen LogP contribution in [0.1, 0.15) is 30.1 Å². The molecule has 1 atom stereocenters. The molecule has 1 unspecified atom stereocenters. The molecule has 2 heteroatoms. The summed E-state index contributed by atoms with van der Waals surface area (Å²) < 4.78 is 1.17. The van der Waals surface area contributed by atoms with Crippen molar-refractivity contribution in [2.75, 3.05) is 0 Å². The van der Waals surface area contributed by atoms with Crippen LogP contribution in [0.5, 0.6) is 0 Å². The first-order valence-corrected chi connectivity index (χ1v) is 7.31. The zero-order valence-electron chi connectivity index (χ0n) is 10.2. The molecule has 1 nitrogen and oxygen atoms in total. The lowest BCUT2D eigenvalue weighted by Gasteiger charge is -2.11. The summed E-state index contributed by atoms with van der Waals surface area (Å²) in [7, 11) is 0. The lowest BCUT2D eigenvalue weighted by atomic mass is 10.0. The zero-order valence-corrected chi connectivity index (χ0v) is 12.4. The Morgan fingerprint density at radius 3 is 2.50 bits per heavy atom. The molecule has 2 aromatic rings. The number of benzene rings is 2. The molecule has 0 fully saturated rings. The summed E-state index contributed by atoms with van der Waals surface area (Å²) in [5.41, 5.74) is 2.36. The highest BCUT2D eigenvalue weighted by molar-refractivity contribution is 14.1. The van der Waals surface area contributed by atoms with Crippen molar-refractivity contribution in [2.45, 2.75) is 25.4 Å². The Labute approximate surface area is 122 Å². The van der Waals surface area contributed by atoms with Crippen LogP contribution in [0, 0.1) is 3.57 Å². The van der Waals surface area contributed by atoms with Crippen LogP contribution in [0.25, 0.3) is 0 Å². The van der Waals surface area contributed by atoms with Gasteiger partial charge < -0.3 is 5.11 Å². The molecule has 0 aliphatic heterocycles. The van der Waals surface area contributed by atoms with Gasteiger partial charge in [0.05, 0.1) is 6.10 Å². The fourth-order valence-electron chi connectivity index (χ4n) is 2.02. The third kappa shape index (κ3) is 4.10. The van der Waals surface area contributed by atoms with Gasteiger partial charge in [0.1, 0.15) is 0 Å². The first kappa shape index (κ1) is 13.6. The first-order valence-electron chi connectivity index (χ1n) is 6.23. The molecule has 0 saturated heterocycles. The molecule has 0 bridgehead atoms. The van der Waals surface area contributed by atoms with Crippen molar-refractivity contribution in [1.29, 1.82) is 0 Å². The van der Waals surface area contributed by atoms with Gasteiger partial charge in [-0.1, -0.05) is 42.5 Å². The lowest BCUT2D eigenvalue weighted by Crippen LogP contribution is -1.98. The van der Waals surface area contributed by atoms with Gasteiger partial charge >= 0.3 is 0 Å². The van der Waals surface area contributed by atoms with Crippen LogP contribution in [0.4, 0.5) is 0 Å². The second kappa shape index (κ2) is 6.90. The van der Waals surface area contributed by atoms with Gasteiger partial charge in [0.25, 0.3) is 0 Å². The molecule has 0 radical (unpaired) electrons. The molecule has 0 aromatic heterocycles. The molecule has 0 aliphatic carbocycles. The van der Waals surface area contributed by atoms with Crippen LogP contribution >= 0.6 is 22.6 Å². The third-order valence-corrected chi connectivity index (χ3v) is 3.69. The maximum absolute atomic E-state index is 10.1. The highest BCUT2D eigenvalue weighted by Crippen LogP contribution is 2.21. The minimum Gasteiger partial charge on any atom is -0.388 e. The van der Waals surface area contributed by atoms with E-state index >= 15 is 0 Å². The summed E-state index contributed by atoms with van der Waals surface area (Å²) >= 11 is 2.27. The van der Waals surface area contributed by atoms with Crippen molar-refractivity contribution in [3.8, 4) is 0 Å². The fourth-order valence-corrected chi connectivity index (χ4v) is 2.59. The van der Waals surface area contributed by atoms with E-state index in [9.17, 15) is 5.11 Å². The highest BCUT2D eigenvalue weighted by Gasteiger charge is 2.07. The quantitative estimate of drug-likeness (QED) is 0.794. The van der Waals surface area contributed by atoms with Crippen LogP contribution in [-0.4, -0.2) is 5.11 Å². The molecule has 0 aliphatic rings. The molecule has 18 heavy (non-hydrogen) atoms. The largest absolute Gasteiger partial charge is 0.388 e. The van der Waals surface area contributed by atoms with Crippen molar-refractivity contribution in [3.63, 3.8) is 0 Å². The number of rotatable bonds is 5. The van der Waals surface area contributed by atoms with E-state index in [0.29, 0.717) is 0 Å². The van der Waals surface area contributed by atoms with Gasteiger partial charge in [-0.15, -0.1) is 0 Å². The predicted octanol–water partition coefficient (Wildman–Crippen LogP) is 4.35. The van der Waals surface area contributed by atoms with Crippen molar-refractivity contribution in [1.82, 2.24) is 0 Å². The van der Waals surface area contributed by atoms with Crippen molar-refractivity contribution < 1.29 is 5.11 Å². The van der Waals surface area contributed by atoms with E-state index in [1.165, 1.54) is 9.13 Å². The minimum absolute atomic E-state index is 0.344. The zero-order chi connectivity index (χ0) is 12.8. The maximum Gasteiger partial charge on any atom is 0.0790 e. The number of halogens is 1. The summed E-state index contributed by atoms with van der Waals surface area (Å²) in [6.45, 7) is 0. The molecule has 2 aromatic carbocycles. The van der Waals surface area contributed by atoms with Gasteiger partial charge in [0, 0.05) is 3.57 Å². The van der Waals surface area contributed by atoms with Gasteiger partial charge in [-0.05, 0) is 65.1 Å². The number of aliphatic hydroxyl groups excluding tert-OH is 1. The Kier molecular flexibility index (Phi) is 5.20. The van der Waals surface area contributed by atoms with E-state index < -0.39 is 0 Å². The second-order valence-electron chi connectivity index (χ2n) is 4.45. The molecule has 0 amide bonds. The van der Waals surface area contributed by atoms with Crippen molar-refractivity contribution in [2.24, 2.45) is 0 Å². The monoisotopic (exact) mass is 352 g/mol. The number of hydrogen-bond acceptors (Lipinski definition) is 1. The van der Waals surface area contributed by atoms with Crippen LogP contribution < -0.4 is 0 Å². The molecule has 2 rings (SSSR count). The Hall–Kier alpha value is -0.870. The molecule has 0 saturated carbocycles. The highest BCUT2D eigenvalue weighted by atomic mass is 127. The molecular weight excluding hydrogens is 335 g/mol. The summed E-state index contributed by atoms with van der Waals surface area (Å²) in [5.74, 6) is 0. The summed E-state index contributed by atoms with van der Waals surface area (Å²) in [6.07, 6.45) is 2.51. The second-order valence-corrected chi connectivity index (χ2v) is 5.69. The third-order valence-electron chi connectivity index (χ3n) is 3.02. The van der Waals surface area contributed by atoms with Gasteiger partial charge in [0.15, 0.2) is 0 Å². The molecule has 0 spiro atoms. The molecule has 94 valence electrons. The summed E-state index contributed by atoms with van der Waals surface area (Å²) in [5, 5.41) is 10.1. The molecule has 1 N–H and O–H groups in total. The van der Waals surface area contributed by atoms with Gasteiger partial charge in [-0.3, -0.25) is 0 Å². The Balaban J connectivity index is 1.83. The number of aliphatic hydroxyl groups is 1. The Morgan fingerprint density at radius 1 is 1.00 bits per heavy atom. The van der Waals surface area contributed by atoms with Crippen molar-refractivity contribution >= 4 is 22.6 Å². The Bertz CT molecular complexity index is 481. The standard InChI is InChI=1S/C16H17IO/c17-15-10-5-9-14(12-15)16(18)11-4-8-13-6-2-1-3-7-13/h1-3,5-7,9-10,12,16,18H,4,8,11H2. The SMILES string of the molecule is OC(CCCc1ccccc1)c1cccc(I)c1. The van der Waals surface area contributed by atoms with Gasteiger partial charge in [-0.25, -0.2) is 0 Å². The van der Waals surface area contributed by atoms with Crippen molar-refractivity contribution in [3.05, 3.63) is 69.3 Å². The van der Waals surface area contributed by atoms with E-state index in [1.807, 2.05) is 30.3 Å². The maximum atomic E-state index is 10.1. The first-order chi connectivity index (χ1) is 8.75. The topological polar surface area (TPSA) is 20.2 Å². The van der Waals surface area contributed by atoms with Crippen LogP contribution in [0.3, 0.4) is 0 Å². The van der Waals surface area contributed by atoms with E-state index in [1.54, 1.807) is 0 Å². The lowest BCUT2D eigenvalue weighted by molar-refractivity contribution is 0.164. The summed E-state index contributed by atoms with van der Waals surface area (Å²) in [4.78, 5) is 0. The fraction of sp³-hybridized carbons (Fsp3) is 0.250. The van der Waals surface area contributed by atoms with Gasteiger partial charge in [-0.2, -0.15) is 0 Å². The average molecular weight is 352 g/mol. The van der Waals surface area contributed by atoms with Crippen LogP contribution in [0.15, 0.2) is 54.6 Å². The van der Waals surface area contributed by atoms with E-state index in [2.05, 4.69) is 46.9 Å². The minimum atomic E-state index is -0.344. The van der Waals surface area contributed by atoms with E-state index in [-0.39, 0.29) is 6.10 Å². The van der Waals surface area contributed by atoms with E-state index in [4.69, 9.17) is 0 Å². The predicted molar refractivity (Wildman–Crippen MR) is 83.5 cm³/mol. The summed E-state index contributed by atoms with van der Waals surface area (Å²) in [6, 6.07) is 18.5. The van der Waals surface area contributed by atoms with Crippen LogP contribution in [0.2, 0.25) is 0 Å². The number of aryl methyl sites for hydroxylation is 1. The normalized spacial score (nSPS) is 12.3. The molecule has 0 heterocycles. The smallest absolute Gasteiger partial charge is 0.0790 e. The number of hydrogen-bond donors (Lipinski definition) is 1. The van der Waals surface area contributed by atoms with Gasteiger partial charge in [0.2, 0.25) is 0 Å². The van der Waals surface area contributed by atoms with E-state index in [0.717, 1.165) is 24.8 Å². The average Bonchev–Trinajstić information content (AvgIpc) is 2.40.